The van der Waals surface area contributed by atoms with Crippen LogP contribution in [-0.4, -0.2) is 22.4 Å². The molecule has 2 unspecified atom stereocenters. The fourth-order valence-electron chi connectivity index (χ4n) is 5.45. The summed E-state index contributed by atoms with van der Waals surface area (Å²) in [5.41, 5.74) is 0. The van der Waals surface area contributed by atoms with E-state index >= 15 is 0 Å². The lowest BCUT2D eigenvalue weighted by Gasteiger charge is -2.04. The zero-order valence-corrected chi connectivity index (χ0v) is 28.0. The van der Waals surface area contributed by atoms with Crippen molar-refractivity contribution in [1.29, 1.82) is 0 Å². The van der Waals surface area contributed by atoms with Gasteiger partial charge in [0.15, 0.2) is 0 Å². The van der Waals surface area contributed by atoms with Crippen LogP contribution in [0, 0.1) is 0 Å². The Balaban J connectivity index is 0. The summed E-state index contributed by atoms with van der Waals surface area (Å²) in [5, 5.41) is 18.3. The van der Waals surface area contributed by atoms with Gasteiger partial charge in [0, 0.05) is 0 Å². The molecule has 2 N–H and O–H groups in total. The van der Waals surface area contributed by atoms with Gasteiger partial charge < -0.3 is 10.2 Å². The summed E-state index contributed by atoms with van der Waals surface area (Å²) in [6, 6.07) is 0. The number of aliphatic hydroxyl groups is 2. The smallest absolute Gasteiger partial charge is 0.0512 e. The van der Waals surface area contributed by atoms with Gasteiger partial charge in [-0.15, -0.1) is 0 Å². The Labute approximate surface area is 248 Å². The molecule has 0 fully saturated rings. The third kappa shape index (κ3) is 45.1. The number of rotatable bonds is 31. The average Bonchev–Trinajstić information content (AvgIpc) is 2.91. The van der Waals surface area contributed by atoms with Gasteiger partial charge >= 0.3 is 0 Å². The molecule has 238 valence electrons. The van der Waals surface area contributed by atoms with E-state index in [1.165, 1.54) is 186 Å². The Morgan fingerprint density at radius 3 is 0.590 bits per heavy atom. The van der Waals surface area contributed by atoms with E-state index in [4.69, 9.17) is 10.2 Å². The SMILES string of the molecule is CCCCCCCCCCCCCCCCC(C)O.CCCCCCCCCCCCCCCCCC(C)O. The maximum Gasteiger partial charge on any atom is 0.0512 e. The molecule has 0 saturated heterocycles. The largest absolute Gasteiger partial charge is 0.393 e. The molecule has 2 nitrogen and oxygen atoms in total. The van der Waals surface area contributed by atoms with Crippen molar-refractivity contribution in [2.45, 2.75) is 239 Å². The molecule has 0 heterocycles. The highest BCUT2D eigenvalue weighted by molar-refractivity contribution is 4.53. The molecule has 0 bridgehead atoms. The summed E-state index contributed by atoms with van der Waals surface area (Å²) in [7, 11) is 0. The Kier molecular flexibility index (Phi) is 39.9. The van der Waals surface area contributed by atoms with Crippen molar-refractivity contribution >= 4 is 0 Å². The summed E-state index contributed by atoms with van der Waals surface area (Å²) >= 11 is 0. The van der Waals surface area contributed by atoms with Crippen LogP contribution in [0.15, 0.2) is 0 Å². The molecule has 0 aromatic heterocycles. The molecular weight excluding hydrogens is 476 g/mol. The third-order valence-electron chi connectivity index (χ3n) is 8.20. The minimum Gasteiger partial charge on any atom is -0.393 e. The zero-order chi connectivity index (χ0) is 29.1. The van der Waals surface area contributed by atoms with Crippen molar-refractivity contribution in [3.8, 4) is 0 Å². The lowest BCUT2D eigenvalue weighted by atomic mass is 10.0. The molecule has 2 atom stereocenters. The highest BCUT2D eigenvalue weighted by Gasteiger charge is 1.98. The average molecular weight is 555 g/mol. The van der Waals surface area contributed by atoms with E-state index in [0.29, 0.717) is 0 Å². The van der Waals surface area contributed by atoms with Crippen LogP contribution in [0.5, 0.6) is 0 Å². The van der Waals surface area contributed by atoms with Crippen LogP contribution < -0.4 is 0 Å². The molecule has 0 aromatic carbocycles. The van der Waals surface area contributed by atoms with Crippen molar-refractivity contribution in [3.05, 3.63) is 0 Å². The van der Waals surface area contributed by atoms with Crippen LogP contribution in [0.3, 0.4) is 0 Å². The van der Waals surface area contributed by atoms with Crippen molar-refractivity contribution in [2.75, 3.05) is 0 Å². The van der Waals surface area contributed by atoms with Crippen molar-refractivity contribution in [1.82, 2.24) is 0 Å². The van der Waals surface area contributed by atoms with Crippen LogP contribution in [0.1, 0.15) is 227 Å². The number of unbranched alkanes of at least 4 members (excludes halogenated alkanes) is 27. The molecule has 0 rings (SSSR count). The molecule has 2 heteroatoms. The lowest BCUT2D eigenvalue weighted by Crippen LogP contribution is -1.98. The standard InChI is InChI=1S/C19H40O.C18H38O/c1-3-4-5-6-7-8-9-10-11-12-13-14-15-16-17-18-19(2)20;1-3-4-5-6-7-8-9-10-11-12-13-14-15-16-17-18(2)19/h19-20H,3-18H2,1-2H3;18-19H,3-17H2,1-2H3. The molecule has 0 radical (unpaired) electrons. The molecule has 0 amide bonds. The van der Waals surface area contributed by atoms with Crippen LogP contribution >= 0.6 is 0 Å². The van der Waals surface area contributed by atoms with E-state index in [9.17, 15) is 0 Å². The first-order valence-corrected chi connectivity index (χ1v) is 18.4. The van der Waals surface area contributed by atoms with E-state index < -0.39 is 0 Å². The normalized spacial score (nSPS) is 12.8. The first-order chi connectivity index (χ1) is 19.0. The minimum atomic E-state index is -0.100. The van der Waals surface area contributed by atoms with Gasteiger partial charge in [-0.3, -0.25) is 0 Å². The highest BCUT2D eigenvalue weighted by atomic mass is 16.3. The van der Waals surface area contributed by atoms with Crippen molar-refractivity contribution in [2.24, 2.45) is 0 Å². The summed E-state index contributed by atoms with van der Waals surface area (Å²) in [5.74, 6) is 0. The van der Waals surface area contributed by atoms with Crippen molar-refractivity contribution in [3.63, 3.8) is 0 Å². The fourth-order valence-corrected chi connectivity index (χ4v) is 5.45. The summed E-state index contributed by atoms with van der Waals surface area (Å²) in [6.45, 7) is 8.35. The first-order valence-electron chi connectivity index (χ1n) is 18.4. The van der Waals surface area contributed by atoms with E-state index in [1.807, 2.05) is 13.8 Å². The monoisotopic (exact) mass is 555 g/mol. The van der Waals surface area contributed by atoms with E-state index in [1.54, 1.807) is 0 Å². The summed E-state index contributed by atoms with van der Waals surface area (Å²) < 4.78 is 0. The van der Waals surface area contributed by atoms with Crippen LogP contribution in [-0.2, 0) is 0 Å². The highest BCUT2D eigenvalue weighted by Crippen LogP contribution is 2.15. The maximum absolute atomic E-state index is 9.16. The Morgan fingerprint density at radius 2 is 0.436 bits per heavy atom. The molecule has 0 saturated carbocycles. The Bertz CT molecular complexity index is 393. The van der Waals surface area contributed by atoms with Crippen LogP contribution in [0.2, 0.25) is 0 Å². The Hall–Kier alpha value is -0.0800. The van der Waals surface area contributed by atoms with Gasteiger partial charge in [-0.1, -0.05) is 200 Å². The number of hydrogen-bond acceptors (Lipinski definition) is 2. The van der Waals surface area contributed by atoms with Gasteiger partial charge in [0.05, 0.1) is 12.2 Å². The van der Waals surface area contributed by atoms with E-state index in [0.717, 1.165) is 12.8 Å². The van der Waals surface area contributed by atoms with Gasteiger partial charge in [0.1, 0.15) is 0 Å². The maximum atomic E-state index is 9.16. The second-order valence-electron chi connectivity index (χ2n) is 12.8. The molecule has 0 aliphatic heterocycles. The van der Waals surface area contributed by atoms with Gasteiger partial charge in [0.25, 0.3) is 0 Å². The zero-order valence-electron chi connectivity index (χ0n) is 28.0. The second kappa shape index (κ2) is 37.9. The molecule has 0 spiro atoms. The quantitative estimate of drug-likeness (QED) is 0.0836. The lowest BCUT2D eigenvalue weighted by molar-refractivity contribution is 0.180. The van der Waals surface area contributed by atoms with Crippen molar-refractivity contribution < 1.29 is 10.2 Å². The summed E-state index contributed by atoms with van der Waals surface area (Å²) in [6.07, 6.45) is 42.5. The van der Waals surface area contributed by atoms with E-state index in [2.05, 4.69) is 13.8 Å². The minimum absolute atomic E-state index is 0.0997. The Morgan fingerprint density at radius 1 is 0.282 bits per heavy atom. The first kappa shape index (κ1) is 41.1. The van der Waals surface area contributed by atoms with E-state index in [-0.39, 0.29) is 12.2 Å². The molecule has 39 heavy (non-hydrogen) atoms. The van der Waals surface area contributed by atoms with Gasteiger partial charge in [-0.05, 0) is 26.7 Å². The number of aliphatic hydroxyl groups excluding tert-OH is 2. The van der Waals surface area contributed by atoms with Gasteiger partial charge in [-0.2, -0.15) is 0 Å². The third-order valence-corrected chi connectivity index (χ3v) is 8.20. The van der Waals surface area contributed by atoms with Crippen LogP contribution in [0.4, 0.5) is 0 Å². The topological polar surface area (TPSA) is 40.5 Å². The molecule has 0 aliphatic rings. The fraction of sp³-hybridized carbons (Fsp3) is 1.00. The predicted molar refractivity (Wildman–Crippen MR) is 178 cm³/mol. The van der Waals surface area contributed by atoms with Gasteiger partial charge in [-0.25, -0.2) is 0 Å². The predicted octanol–water partition coefficient (Wildman–Crippen LogP) is 12.9. The molecule has 0 aliphatic carbocycles. The van der Waals surface area contributed by atoms with Gasteiger partial charge in [0.2, 0.25) is 0 Å². The van der Waals surface area contributed by atoms with Crippen LogP contribution in [0.25, 0.3) is 0 Å². The molecule has 0 aromatic rings. The second-order valence-corrected chi connectivity index (χ2v) is 12.8. The summed E-state index contributed by atoms with van der Waals surface area (Å²) in [4.78, 5) is 0. The number of hydrogen-bond donors (Lipinski definition) is 2. The molecular formula is C37H78O2.